The maximum Gasteiger partial charge on any atom is 0.126 e. The molecule has 0 fully saturated rings. The number of para-hydroxylation sites is 1. The van der Waals surface area contributed by atoms with Gasteiger partial charge in [0.1, 0.15) is 11.5 Å². The molecular formula is C18H19NO2. The molecule has 0 saturated heterocycles. The van der Waals surface area contributed by atoms with E-state index in [0.29, 0.717) is 0 Å². The van der Waals surface area contributed by atoms with Crippen molar-refractivity contribution in [2.24, 2.45) is 0 Å². The second-order valence-electron chi connectivity index (χ2n) is 5.13. The number of hydrogen-bond donors (Lipinski definition) is 1. The Balaban J connectivity index is 2.00. The zero-order chi connectivity index (χ0) is 14.8. The Morgan fingerprint density at radius 3 is 2.52 bits per heavy atom. The fraction of sp³-hybridized carbons (Fsp3) is 0.222. The zero-order valence-electron chi connectivity index (χ0n) is 12.6. The van der Waals surface area contributed by atoms with Crippen molar-refractivity contribution in [2.75, 3.05) is 14.2 Å². The Morgan fingerprint density at radius 2 is 1.81 bits per heavy atom. The first-order valence-electron chi connectivity index (χ1n) is 7.00. The fourth-order valence-corrected chi connectivity index (χ4v) is 2.70. The summed E-state index contributed by atoms with van der Waals surface area (Å²) in [5.41, 5.74) is 4.84. The third-order valence-electron chi connectivity index (χ3n) is 3.93. The van der Waals surface area contributed by atoms with E-state index in [9.17, 15) is 0 Å². The summed E-state index contributed by atoms with van der Waals surface area (Å²) in [6.07, 6.45) is 0.813. The molecule has 3 rings (SSSR count). The van der Waals surface area contributed by atoms with Crippen molar-refractivity contribution in [1.29, 1.82) is 0 Å². The molecule has 3 nitrogen and oxygen atoms in total. The van der Waals surface area contributed by atoms with E-state index in [0.717, 1.165) is 23.5 Å². The molecule has 3 aromatic rings. The highest BCUT2D eigenvalue weighted by molar-refractivity contribution is 5.84. The Morgan fingerprint density at radius 1 is 1.00 bits per heavy atom. The van der Waals surface area contributed by atoms with E-state index in [4.69, 9.17) is 9.47 Å². The Bertz CT molecular complexity index is 774. The molecule has 0 aliphatic carbocycles. The normalized spacial score (nSPS) is 10.8. The summed E-state index contributed by atoms with van der Waals surface area (Å²) in [6, 6.07) is 14.3. The van der Waals surface area contributed by atoms with Gasteiger partial charge in [-0.1, -0.05) is 24.3 Å². The molecule has 1 heterocycles. The summed E-state index contributed by atoms with van der Waals surface area (Å²) < 4.78 is 10.7. The predicted octanol–water partition coefficient (Wildman–Crippen LogP) is 4.08. The van der Waals surface area contributed by atoms with Crippen molar-refractivity contribution in [3.63, 3.8) is 0 Å². The molecule has 1 N–H and O–H groups in total. The van der Waals surface area contributed by atoms with Crippen molar-refractivity contribution in [2.45, 2.75) is 13.3 Å². The minimum atomic E-state index is 0.809. The molecule has 1 aromatic heterocycles. The molecule has 0 saturated carbocycles. The minimum absolute atomic E-state index is 0.809. The fourth-order valence-electron chi connectivity index (χ4n) is 2.70. The monoisotopic (exact) mass is 281 g/mol. The summed E-state index contributed by atoms with van der Waals surface area (Å²) in [4.78, 5) is 3.51. The van der Waals surface area contributed by atoms with E-state index in [1.165, 1.54) is 22.2 Å². The van der Waals surface area contributed by atoms with Crippen LogP contribution in [0.15, 0.2) is 42.5 Å². The average molecular weight is 281 g/mol. The molecule has 108 valence electrons. The number of aryl methyl sites for hydroxylation is 1. The van der Waals surface area contributed by atoms with E-state index in [2.05, 4.69) is 42.2 Å². The maximum absolute atomic E-state index is 5.48. The molecule has 2 aromatic carbocycles. The van der Waals surface area contributed by atoms with Crippen LogP contribution in [-0.4, -0.2) is 19.2 Å². The molecule has 3 heteroatoms. The van der Waals surface area contributed by atoms with Gasteiger partial charge in [-0.05, 0) is 24.6 Å². The first-order chi connectivity index (χ1) is 10.2. The number of aromatic amines is 1. The van der Waals surface area contributed by atoms with Crippen LogP contribution in [0.2, 0.25) is 0 Å². The minimum Gasteiger partial charge on any atom is -0.497 e. The number of benzene rings is 2. The molecule has 0 radical (unpaired) electrons. The predicted molar refractivity (Wildman–Crippen MR) is 85.4 cm³/mol. The third-order valence-corrected chi connectivity index (χ3v) is 3.93. The number of ether oxygens (including phenoxy) is 2. The quantitative estimate of drug-likeness (QED) is 0.781. The SMILES string of the molecule is COc1ccc(Cc2[nH]c3ccccc3c2C)c(OC)c1. The first-order valence-corrected chi connectivity index (χ1v) is 7.00. The van der Waals surface area contributed by atoms with Gasteiger partial charge in [0.25, 0.3) is 0 Å². The second kappa shape index (κ2) is 5.52. The van der Waals surface area contributed by atoms with E-state index in [1.807, 2.05) is 12.1 Å². The van der Waals surface area contributed by atoms with Gasteiger partial charge in [0.15, 0.2) is 0 Å². The topological polar surface area (TPSA) is 34.2 Å². The lowest BCUT2D eigenvalue weighted by molar-refractivity contribution is 0.391. The molecule has 0 spiro atoms. The third kappa shape index (κ3) is 2.47. The number of methoxy groups -OCH3 is 2. The summed E-state index contributed by atoms with van der Waals surface area (Å²) in [7, 11) is 3.35. The van der Waals surface area contributed by atoms with Gasteiger partial charge in [0.05, 0.1) is 14.2 Å². The van der Waals surface area contributed by atoms with Crippen molar-refractivity contribution in [1.82, 2.24) is 4.98 Å². The van der Waals surface area contributed by atoms with Gasteiger partial charge in [-0.2, -0.15) is 0 Å². The molecule has 0 aliphatic heterocycles. The number of rotatable bonds is 4. The Labute approximate surface area is 124 Å². The first kappa shape index (κ1) is 13.6. The van der Waals surface area contributed by atoms with Crippen LogP contribution in [-0.2, 0) is 6.42 Å². The highest BCUT2D eigenvalue weighted by Gasteiger charge is 2.11. The van der Waals surface area contributed by atoms with Gasteiger partial charge < -0.3 is 14.5 Å². The van der Waals surface area contributed by atoms with Gasteiger partial charge >= 0.3 is 0 Å². The van der Waals surface area contributed by atoms with E-state index in [-0.39, 0.29) is 0 Å². The molecule has 0 aliphatic rings. The molecule has 0 bridgehead atoms. The van der Waals surface area contributed by atoms with E-state index in [1.54, 1.807) is 14.2 Å². The van der Waals surface area contributed by atoms with Crippen LogP contribution in [0, 0.1) is 6.92 Å². The number of nitrogens with one attached hydrogen (secondary N) is 1. The Hall–Kier alpha value is -2.42. The van der Waals surface area contributed by atoms with Crippen LogP contribution in [0.5, 0.6) is 11.5 Å². The highest BCUT2D eigenvalue weighted by Crippen LogP contribution is 2.29. The van der Waals surface area contributed by atoms with Crippen molar-refractivity contribution in [3.8, 4) is 11.5 Å². The standard InChI is InChI=1S/C18H19NO2/c1-12-15-6-4-5-7-16(15)19-17(12)10-13-8-9-14(20-2)11-18(13)21-3/h4-9,11,19H,10H2,1-3H3. The van der Waals surface area contributed by atoms with Crippen LogP contribution in [0.3, 0.4) is 0 Å². The van der Waals surface area contributed by atoms with Crippen LogP contribution in [0.25, 0.3) is 10.9 Å². The van der Waals surface area contributed by atoms with Crippen LogP contribution in [0.1, 0.15) is 16.8 Å². The number of fused-ring (bicyclic) bond motifs is 1. The summed E-state index contributed by atoms with van der Waals surface area (Å²) in [5, 5.41) is 1.28. The lowest BCUT2D eigenvalue weighted by Crippen LogP contribution is -1.96. The van der Waals surface area contributed by atoms with E-state index >= 15 is 0 Å². The molecule has 0 amide bonds. The highest BCUT2D eigenvalue weighted by atomic mass is 16.5. The van der Waals surface area contributed by atoms with Gasteiger partial charge in [-0.25, -0.2) is 0 Å². The van der Waals surface area contributed by atoms with Gasteiger partial charge in [-0.15, -0.1) is 0 Å². The molecule has 0 unspecified atom stereocenters. The smallest absolute Gasteiger partial charge is 0.126 e. The van der Waals surface area contributed by atoms with Crippen molar-refractivity contribution >= 4 is 10.9 Å². The maximum atomic E-state index is 5.48. The number of H-pyrrole nitrogens is 1. The zero-order valence-corrected chi connectivity index (χ0v) is 12.6. The largest absolute Gasteiger partial charge is 0.497 e. The molecule has 0 atom stereocenters. The van der Waals surface area contributed by atoms with Gasteiger partial charge in [0.2, 0.25) is 0 Å². The lowest BCUT2D eigenvalue weighted by atomic mass is 10.0. The van der Waals surface area contributed by atoms with Crippen LogP contribution < -0.4 is 9.47 Å². The van der Waals surface area contributed by atoms with Gasteiger partial charge in [-0.3, -0.25) is 0 Å². The second-order valence-corrected chi connectivity index (χ2v) is 5.13. The Kier molecular flexibility index (Phi) is 3.57. The van der Waals surface area contributed by atoms with Crippen LogP contribution >= 0.6 is 0 Å². The number of aromatic nitrogens is 1. The molecule has 21 heavy (non-hydrogen) atoms. The summed E-state index contributed by atoms with van der Waals surface area (Å²) in [5.74, 6) is 1.66. The lowest BCUT2D eigenvalue weighted by Gasteiger charge is -2.10. The number of hydrogen-bond acceptors (Lipinski definition) is 2. The summed E-state index contributed by atoms with van der Waals surface area (Å²) >= 11 is 0. The average Bonchev–Trinajstić information content (AvgIpc) is 2.84. The van der Waals surface area contributed by atoms with E-state index < -0.39 is 0 Å². The summed E-state index contributed by atoms with van der Waals surface area (Å²) in [6.45, 7) is 2.16. The van der Waals surface area contributed by atoms with Crippen molar-refractivity contribution in [3.05, 3.63) is 59.3 Å². The van der Waals surface area contributed by atoms with Crippen molar-refractivity contribution < 1.29 is 9.47 Å². The van der Waals surface area contributed by atoms with Gasteiger partial charge in [0, 0.05) is 34.6 Å². The van der Waals surface area contributed by atoms with Crippen LogP contribution in [0.4, 0.5) is 0 Å². The molecular weight excluding hydrogens is 262 g/mol.